The maximum atomic E-state index is 8.96. The molecule has 16 heavy (non-hydrogen) atoms. The van der Waals surface area contributed by atoms with Crippen LogP contribution in [-0.4, -0.2) is 12.4 Å². The summed E-state index contributed by atoms with van der Waals surface area (Å²) in [4.78, 5) is 0. The third-order valence-corrected chi connectivity index (χ3v) is 2.58. The van der Waals surface area contributed by atoms with E-state index in [1.54, 1.807) is 18.2 Å². The Morgan fingerprint density at radius 1 is 1.56 bits per heavy atom. The Morgan fingerprint density at radius 3 is 2.88 bits per heavy atom. The first-order valence-electron chi connectivity index (χ1n) is 5.22. The molecule has 1 aliphatic rings. The average Bonchev–Trinajstić information content (AvgIpc) is 3.09. The second-order valence-electron chi connectivity index (χ2n) is 3.99. The third-order valence-electron chi connectivity index (χ3n) is 2.58. The zero-order chi connectivity index (χ0) is 11.5. The summed E-state index contributed by atoms with van der Waals surface area (Å²) in [6.45, 7) is 0.675. The molecular formula is C12H13N3O. The van der Waals surface area contributed by atoms with E-state index in [0.717, 1.165) is 0 Å². The lowest BCUT2D eigenvalue weighted by Crippen LogP contribution is -2.11. The van der Waals surface area contributed by atoms with Gasteiger partial charge in [-0.2, -0.15) is 5.26 Å². The van der Waals surface area contributed by atoms with E-state index in [4.69, 9.17) is 21.1 Å². The molecule has 0 unspecified atom stereocenters. The molecule has 0 radical (unpaired) electrons. The number of ether oxygens (including phenoxy) is 1. The van der Waals surface area contributed by atoms with E-state index in [0.29, 0.717) is 29.4 Å². The molecular weight excluding hydrogens is 202 g/mol. The van der Waals surface area contributed by atoms with E-state index in [2.05, 4.69) is 6.07 Å². The van der Waals surface area contributed by atoms with Gasteiger partial charge in [-0.05, 0) is 37.0 Å². The number of amidine groups is 1. The highest BCUT2D eigenvalue weighted by molar-refractivity contribution is 5.95. The molecule has 1 aromatic rings. The zero-order valence-corrected chi connectivity index (χ0v) is 8.86. The minimum Gasteiger partial charge on any atom is -0.492 e. The van der Waals surface area contributed by atoms with Gasteiger partial charge >= 0.3 is 0 Å². The summed E-state index contributed by atoms with van der Waals surface area (Å²) in [5.41, 5.74) is 6.34. The summed E-state index contributed by atoms with van der Waals surface area (Å²) in [6.07, 6.45) is 2.43. The van der Waals surface area contributed by atoms with Crippen LogP contribution in [0.4, 0.5) is 0 Å². The monoisotopic (exact) mass is 215 g/mol. The van der Waals surface area contributed by atoms with Gasteiger partial charge in [0.1, 0.15) is 17.7 Å². The van der Waals surface area contributed by atoms with Crippen molar-refractivity contribution in [1.82, 2.24) is 0 Å². The third kappa shape index (κ3) is 2.31. The summed E-state index contributed by atoms with van der Waals surface area (Å²) < 4.78 is 5.55. The molecule has 2 rings (SSSR count). The highest BCUT2D eigenvalue weighted by Crippen LogP contribution is 2.30. The fraction of sp³-hybridized carbons (Fsp3) is 0.333. The van der Waals surface area contributed by atoms with Gasteiger partial charge in [-0.3, -0.25) is 5.41 Å². The SMILES string of the molecule is N#Cc1cc(C(=N)N)ccc1OCC1CC1. The molecule has 0 saturated heterocycles. The lowest BCUT2D eigenvalue weighted by Gasteiger charge is -2.08. The number of nitrogen functional groups attached to an aromatic ring is 1. The van der Waals surface area contributed by atoms with Gasteiger partial charge in [0.05, 0.1) is 12.2 Å². The standard InChI is InChI=1S/C12H13N3O/c13-6-10-5-9(12(14)15)3-4-11(10)16-7-8-1-2-8/h3-5,8H,1-2,7H2,(H3,14,15). The smallest absolute Gasteiger partial charge is 0.137 e. The minimum absolute atomic E-state index is 0.0368. The number of nitrogens with two attached hydrogens (primary N) is 1. The molecule has 1 aromatic carbocycles. The van der Waals surface area contributed by atoms with Crippen LogP contribution in [0.3, 0.4) is 0 Å². The first kappa shape index (κ1) is 10.5. The Labute approximate surface area is 94.1 Å². The van der Waals surface area contributed by atoms with E-state index in [1.807, 2.05) is 0 Å². The van der Waals surface area contributed by atoms with Crippen molar-refractivity contribution in [2.24, 2.45) is 11.7 Å². The van der Waals surface area contributed by atoms with Crippen molar-refractivity contribution < 1.29 is 4.74 Å². The fourth-order valence-corrected chi connectivity index (χ4v) is 1.40. The van der Waals surface area contributed by atoms with Gasteiger partial charge < -0.3 is 10.5 Å². The highest BCUT2D eigenvalue weighted by atomic mass is 16.5. The topological polar surface area (TPSA) is 82.9 Å². The van der Waals surface area contributed by atoms with Crippen LogP contribution in [0.1, 0.15) is 24.0 Å². The predicted molar refractivity (Wildman–Crippen MR) is 60.4 cm³/mol. The van der Waals surface area contributed by atoms with Crippen LogP contribution < -0.4 is 10.5 Å². The molecule has 3 N–H and O–H groups in total. The van der Waals surface area contributed by atoms with Crippen molar-refractivity contribution in [3.63, 3.8) is 0 Å². The van der Waals surface area contributed by atoms with Crippen molar-refractivity contribution in [3.05, 3.63) is 29.3 Å². The van der Waals surface area contributed by atoms with Crippen LogP contribution in [0.2, 0.25) is 0 Å². The van der Waals surface area contributed by atoms with Crippen LogP contribution in [0.5, 0.6) is 5.75 Å². The molecule has 1 saturated carbocycles. The summed E-state index contributed by atoms with van der Waals surface area (Å²) in [5, 5.41) is 16.2. The van der Waals surface area contributed by atoms with E-state index >= 15 is 0 Å². The molecule has 0 aromatic heterocycles. The molecule has 1 aliphatic carbocycles. The van der Waals surface area contributed by atoms with Crippen LogP contribution in [0, 0.1) is 22.7 Å². The molecule has 4 nitrogen and oxygen atoms in total. The van der Waals surface area contributed by atoms with Crippen molar-refractivity contribution in [1.29, 1.82) is 10.7 Å². The van der Waals surface area contributed by atoms with Gasteiger partial charge in [0.2, 0.25) is 0 Å². The number of hydrogen-bond donors (Lipinski definition) is 2. The first-order chi connectivity index (χ1) is 7.70. The van der Waals surface area contributed by atoms with Gasteiger partial charge in [0.15, 0.2) is 0 Å². The quantitative estimate of drug-likeness (QED) is 0.591. The second-order valence-corrected chi connectivity index (χ2v) is 3.99. The molecule has 0 spiro atoms. The predicted octanol–water partition coefficient (Wildman–Crippen LogP) is 1.63. The van der Waals surface area contributed by atoms with Gasteiger partial charge in [0.25, 0.3) is 0 Å². The number of nitriles is 1. The Morgan fingerprint density at radius 2 is 2.31 bits per heavy atom. The zero-order valence-electron chi connectivity index (χ0n) is 8.86. The van der Waals surface area contributed by atoms with Crippen LogP contribution in [0.15, 0.2) is 18.2 Å². The first-order valence-corrected chi connectivity index (χ1v) is 5.22. The van der Waals surface area contributed by atoms with E-state index in [1.165, 1.54) is 12.8 Å². The normalized spacial score (nSPS) is 14.2. The van der Waals surface area contributed by atoms with Gasteiger partial charge in [-0.15, -0.1) is 0 Å². The van der Waals surface area contributed by atoms with Crippen LogP contribution >= 0.6 is 0 Å². The van der Waals surface area contributed by atoms with Crippen LogP contribution in [0.25, 0.3) is 0 Å². The maximum absolute atomic E-state index is 8.96. The minimum atomic E-state index is -0.0368. The summed E-state index contributed by atoms with van der Waals surface area (Å²) in [7, 11) is 0. The van der Waals surface area contributed by atoms with Gasteiger partial charge in [0, 0.05) is 5.56 Å². The second kappa shape index (κ2) is 4.23. The molecule has 4 heteroatoms. The Balaban J connectivity index is 2.17. The number of rotatable bonds is 4. The molecule has 0 heterocycles. The summed E-state index contributed by atoms with van der Waals surface area (Å²) >= 11 is 0. The average molecular weight is 215 g/mol. The Bertz CT molecular complexity index is 458. The van der Waals surface area contributed by atoms with Crippen molar-refractivity contribution in [2.75, 3.05) is 6.61 Å². The molecule has 0 aliphatic heterocycles. The summed E-state index contributed by atoms with van der Waals surface area (Å²) in [6, 6.07) is 7.05. The fourth-order valence-electron chi connectivity index (χ4n) is 1.40. The maximum Gasteiger partial charge on any atom is 0.137 e. The largest absolute Gasteiger partial charge is 0.492 e. The lowest BCUT2D eigenvalue weighted by molar-refractivity contribution is 0.299. The molecule has 1 fully saturated rings. The van der Waals surface area contributed by atoms with Crippen molar-refractivity contribution in [2.45, 2.75) is 12.8 Å². The summed E-state index contributed by atoms with van der Waals surface area (Å²) in [5.74, 6) is 1.20. The number of hydrogen-bond acceptors (Lipinski definition) is 3. The highest BCUT2D eigenvalue weighted by Gasteiger charge is 2.22. The van der Waals surface area contributed by atoms with Crippen LogP contribution in [-0.2, 0) is 0 Å². The number of nitrogens with one attached hydrogen (secondary N) is 1. The lowest BCUT2D eigenvalue weighted by atomic mass is 10.1. The van der Waals surface area contributed by atoms with E-state index in [9.17, 15) is 0 Å². The number of nitrogens with zero attached hydrogens (tertiary/aromatic N) is 1. The van der Waals surface area contributed by atoms with E-state index < -0.39 is 0 Å². The van der Waals surface area contributed by atoms with Crippen molar-refractivity contribution >= 4 is 5.84 Å². The van der Waals surface area contributed by atoms with Crippen molar-refractivity contribution in [3.8, 4) is 11.8 Å². The van der Waals surface area contributed by atoms with Gasteiger partial charge in [-0.1, -0.05) is 0 Å². The molecule has 82 valence electrons. The Kier molecular flexibility index (Phi) is 2.78. The molecule has 0 atom stereocenters. The number of benzene rings is 1. The molecule has 0 bridgehead atoms. The molecule has 0 amide bonds. The Hall–Kier alpha value is -2.02. The van der Waals surface area contributed by atoms with Gasteiger partial charge in [-0.25, -0.2) is 0 Å². The van der Waals surface area contributed by atoms with E-state index in [-0.39, 0.29) is 5.84 Å².